The second-order valence-corrected chi connectivity index (χ2v) is 4.56. The van der Waals surface area contributed by atoms with Crippen LogP contribution < -0.4 is 10.1 Å². The molecule has 18 heavy (non-hydrogen) atoms. The summed E-state index contributed by atoms with van der Waals surface area (Å²) in [6.45, 7) is 4.01. The lowest BCUT2D eigenvalue weighted by Crippen LogP contribution is -2.34. The second-order valence-electron chi connectivity index (χ2n) is 4.56. The molecule has 0 aromatic heterocycles. The first-order chi connectivity index (χ1) is 8.54. The summed E-state index contributed by atoms with van der Waals surface area (Å²) in [4.78, 5) is 0. The molecule has 0 atom stereocenters. The van der Waals surface area contributed by atoms with E-state index in [1.165, 1.54) is 6.07 Å². The molecule has 0 saturated carbocycles. The second kappa shape index (κ2) is 6.56. The van der Waals surface area contributed by atoms with Crippen molar-refractivity contribution in [2.45, 2.75) is 13.8 Å². The molecule has 0 aliphatic heterocycles. The Hall–Kier alpha value is -1.33. The molecule has 0 aliphatic rings. The average molecular weight is 257 g/mol. The molecule has 0 aliphatic carbocycles. The van der Waals surface area contributed by atoms with E-state index < -0.39 is 11.2 Å². The summed E-state index contributed by atoms with van der Waals surface area (Å²) >= 11 is 0. The van der Waals surface area contributed by atoms with E-state index in [2.05, 4.69) is 5.32 Å². The van der Waals surface area contributed by atoms with E-state index in [0.717, 1.165) is 0 Å². The summed E-state index contributed by atoms with van der Waals surface area (Å²) in [6.07, 6.45) is 0. The Morgan fingerprint density at radius 3 is 2.50 bits per heavy atom. The third-order valence-electron chi connectivity index (χ3n) is 2.71. The van der Waals surface area contributed by atoms with Gasteiger partial charge in [-0.1, -0.05) is 6.92 Å². The van der Waals surface area contributed by atoms with E-state index in [-0.39, 0.29) is 19.0 Å². The van der Waals surface area contributed by atoms with Crippen LogP contribution in [0, 0.1) is 11.2 Å². The quantitative estimate of drug-likeness (QED) is 0.694. The largest absolute Gasteiger partial charge is 0.491 e. The third-order valence-corrected chi connectivity index (χ3v) is 2.71. The van der Waals surface area contributed by atoms with Gasteiger partial charge < -0.3 is 20.3 Å². The molecule has 1 rings (SSSR count). The van der Waals surface area contributed by atoms with Gasteiger partial charge in [0.25, 0.3) is 0 Å². The average Bonchev–Trinajstić information content (AvgIpc) is 2.39. The van der Waals surface area contributed by atoms with E-state index in [1.807, 2.05) is 0 Å². The van der Waals surface area contributed by atoms with Crippen LogP contribution in [0.2, 0.25) is 0 Å². The van der Waals surface area contributed by atoms with E-state index >= 15 is 0 Å². The summed E-state index contributed by atoms with van der Waals surface area (Å²) in [7, 11) is 0. The molecular weight excluding hydrogens is 237 g/mol. The van der Waals surface area contributed by atoms with Gasteiger partial charge in [-0.15, -0.1) is 0 Å². The summed E-state index contributed by atoms with van der Waals surface area (Å²) in [5.41, 5.74) is -0.0428. The maximum Gasteiger partial charge on any atom is 0.167 e. The highest BCUT2D eigenvalue weighted by Gasteiger charge is 2.22. The van der Waals surface area contributed by atoms with Gasteiger partial charge in [-0.25, -0.2) is 4.39 Å². The molecule has 0 bridgehead atoms. The highest BCUT2D eigenvalue weighted by atomic mass is 19.1. The topological polar surface area (TPSA) is 61.7 Å². The third kappa shape index (κ3) is 3.85. The van der Waals surface area contributed by atoms with Crippen molar-refractivity contribution in [3.05, 3.63) is 24.0 Å². The summed E-state index contributed by atoms with van der Waals surface area (Å²) in [5.74, 6) is -0.216. The number of ether oxygens (including phenoxy) is 1. The summed E-state index contributed by atoms with van der Waals surface area (Å²) in [6, 6.07) is 4.58. The normalized spacial score (nSPS) is 11.4. The van der Waals surface area contributed by atoms with Crippen LogP contribution in [-0.2, 0) is 0 Å². The molecular formula is C13H20FNO3. The van der Waals surface area contributed by atoms with E-state index in [4.69, 9.17) is 14.9 Å². The Balaban J connectivity index is 2.66. The number of nitrogens with one attached hydrogen (secondary N) is 1. The molecule has 0 heterocycles. The highest BCUT2D eigenvalue weighted by Crippen LogP contribution is 2.22. The number of hydrogen-bond acceptors (Lipinski definition) is 4. The van der Waals surface area contributed by atoms with Crippen LogP contribution >= 0.6 is 0 Å². The Morgan fingerprint density at radius 1 is 1.33 bits per heavy atom. The van der Waals surface area contributed by atoms with Crippen LogP contribution in [0.4, 0.5) is 10.1 Å². The van der Waals surface area contributed by atoms with Crippen LogP contribution in [0.3, 0.4) is 0 Å². The number of aliphatic hydroxyl groups is 2. The smallest absolute Gasteiger partial charge is 0.167 e. The van der Waals surface area contributed by atoms with Gasteiger partial charge in [-0.3, -0.25) is 0 Å². The number of anilines is 1. The molecule has 102 valence electrons. The summed E-state index contributed by atoms with van der Waals surface area (Å²) in [5, 5.41) is 21.3. The zero-order valence-corrected chi connectivity index (χ0v) is 10.7. The van der Waals surface area contributed by atoms with Gasteiger partial charge in [0, 0.05) is 23.7 Å². The van der Waals surface area contributed by atoms with Crippen LogP contribution in [0.25, 0.3) is 0 Å². The zero-order valence-electron chi connectivity index (χ0n) is 10.7. The molecule has 5 heteroatoms. The van der Waals surface area contributed by atoms with Gasteiger partial charge in [0.15, 0.2) is 11.6 Å². The minimum atomic E-state index is -0.630. The van der Waals surface area contributed by atoms with Crippen molar-refractivity contribution in [3.8, 4) is 5.75 Å². The van der Waals surface area contributed by atoms with Gasteiger partial charge in [-0.05, 0) is 19.1 Å². The Kier molecular flexibility index (Phi) is 5.37. The molecule has 4 nitrogen and oxygen atoms in total. The van der Waals surface area contributed by atoms with Crippen molar-refractivity contribution in [1.82, 2.24) is 0 Å². The molecule has 0 radical (unpaired) electrons. The Labute approximate surface area is 106 Å². The van der Waals surface area contributed by atoms with E-state index in [1.54, 1.807) is 26.0 Å². The molecule has 0 unspecified atom stereocenters. The van der Waals surface area contributed by atoms with Crippen LogP contribution in [0.5, 0.6) is 5.75 Å². The minimum absolute atomic E-state index is 0.143. The first kappa shape index (κ1) is 14.7. The van der Waals surface area contributed by atoms with Gasteiger partial charge in [0.2, 0.25) is 0 Å². The van der Waals surface area contributed by atoms with Crippen molar-refractivity contribution < 1.29 is 19.3 Å². The lowest BCUT2D eigenvalue weighted by Gasteiger charge is -2.25. The van der Waals surface area contributed by atoms with Crippen molar-refractivity contribution in [1.29, 1.82) is 0 Å². The number of aliphatic hydroxyl groups excluding tert-OH is 2. The van der Waals surface area contributed by atoms with E-state index in [0.29, 0.717) is 18.8 Å². The lowest BCUT2D eigenvalue weighted by molar-refractivity contribution is 0.0806. The number of hydrogen-bond donors (Lipinski definition) is 3. The van der Waals surface area contributed by atoms with Crippen molar-refractivity contribution >= 4 is 5.69 Å². The predicted octanol–water partition coefficient (Wildman–Crippen LogP) is 1.63. The summed E-state index contributed by atoms with van der Waals surface area (Å²) < 4.78 is 18.7. The lowest BCUT2D eigenvalue weighted by atomic mass is 9.93. The SMILES string of the molecule is CCOc1ccc(NCC(C)(CO)CO)cc1F. The van der Waals surface area contributed by atoms with Gasteiger partial charge >= 0.3 is 0 Å². The van der Waals surface area contributed by atoms with E-state index in [9.17, 15) is 4.39 Å². The standard InChI is InChI=1S/C13H20FNO3/c1-3-18-12-5-4-10(6-11(12)14)15-7-13(2,8-16)9-17/h4-6,15-17H,3,7-9H2,1-2H3. The molecule has 0 saturated heterocycles. The molecule has 0 amide bonds. The van der Waals surface area contributed by atoms with Crippen LogP contribution in [0.1, 0.15) is 13.8 Å². The van der Waals surface area contributed by atoms with Crippen molar-refractivity contribution in [3.63, 3.8) is 0 Å². The van der Waals surface area contributed by atoms with Gasteiger partial charge in [0.1, 0.15) is 0 Å². The maximum absolute atomic E-state index is 13.6. The fourth-order valence-electron chi connectivity index (χ4n) is 1.36. The molecule has 0 spiro atoms. The molecule has 0 fully saturated rings. The fourth-order valence-corrected chi connectivity index (χ4v) is 1.36. The first-order valence-corrected chi connectivity index (χ1v) is 5.92. The zero-order chi connectivity index (χ0) is 13.6. The van der Waals surface area contributed by atoms with Crippen LogP contribution in [-0.4, -0.2) is 36.6 Å². The van der Waals surface area contributed by atoms with Gasteiger partial charge in [0.05, 0.1) is 19.8 Å². The number of halogens is 1. The first-order valence-electron chi connectivity index (χ1n) is 5.92. The molecule has 1 aromatic carbocycles. The Morgan fingerprint density at radius 2 is 2.00 bits per heavy atom. The predicted molar refractivity (Wildman–Crippen MR) is 68.3 cm³/mol. The van der Waals surface area contributed by atoms with Crippen LogP contribution in [0.15, 0.2) is 18.2 Å². The maximum atomic E-state index is 13.6. The Bertz CT molecular complexity index is 380. The van der Waals surface area contributed by atoms with Gasteiger partial charge in [-0.2, -0.15) is 0 Å². The van der Waals surface area contributed by atoms with Crippen molar-refractivity contribution in [2.24, 2.45) is 5.41 Å². The number of rotatable bonds is 7. The highest BCUT2D eigenvalue weighted by molar-refractivity contribution is 5.47. The fraction of sp³-hybridized carbons (Fsp3) is 0.538. The minimum Gasteiger partial charge on any atom is -0.491 e. The monoisotopic (exact) mass is 257 g/mol. The molecule has 1 aromatic rings. The molecule has 3 N–H and O–H groups in total. The van der Waals surface area contributed by atoms with Crippen molar-refractivity contribution in [2.75, 3.05) is 31.7 Å². The number of benzene rings is 1.